The highest BCUT2D eigenvalue weighted by molar-refractivity contribution is 7.10. The maximum Gasteiger partial charge on any atom is 0.336 e. The van der Waals surface area contributed by atoms with Crippen molar-refractivity contribution in [2.75, 3.05) is 5.32 Å². The van der Waals surface area contributed by atoms with Crippen LogP contribution in [0, 0.1) is 0 Å². The van der Waals surface area contributed by atoms with Crippen molar-refractivity contribution < 1.29 is 9.90 Å². The van der Waals surface area contributed by atoms with Gasteiger partial charge in [-0.3, -0.25) is 4.98 Å². The molecule has 3 aromatic rings. The highest BCUT2D eigenvalue weighted by atomic mass is 32.1. The topological polar surface area (TPSA) is 62.2 Å². The summed E-state index contributed by atoms with van der Waals surface area (Å²) < 4.78 is 0. The number of anilines is 1. The second-order valence-electron chi connectivity index (χ2n) is 4.38. The predicted octanol–water partition coefficient (Wildman–Crippen LogP) is 3.61. The first-order valence-electron chi connectivity index (χ1n) is 6.12. The number of carbonyl (C=O) groups is 1. The molecule has 4 nitrogen and oxygen atoms in total. The molecule has 2 N–H and O–H groups in total. The van der Waals surface area contributed by atoms with Crippen molar-refractivity contribution in [1.29, 1.82) is 0 Å². The quantitative estimate of drug-likeness (QED) is 0.768. The van der Waals surface area contributed by atoms with Crippen LogP contribution in [0.3, 0.4) is 0 Å². The van der Waals surface area contributed by atoms with Crippen LogP contribution in [0.2, 0.25) is 0 Å². The maximum absolute atomic E-state index is 10.8. The molecule has 0 aliphatic heterocycles. The summed E-state index contributed by atoms with van der Waals surface area (Å²) in [5.74, 6) is -0.889. The van der Waals surface area contributed by atoms with Crippen molar-refractivity contribution >= 4 is 33.9 Å². The molecule has 0 radical (unpaired) electrons. The summed E-state index contributed by atoms with van der Waals surface area (Å²) in [5, 5.41) is 14.9. The molecule has 0 bridgehead atoms. The van der Waals surface area contributed by atoms with Gasteiger partial charge < -0.3 is 10.4 Å². The summed E-state index contributed by atoms with van der Waals surface area (Å²) in [5.41, 5.74) is 2.22. The molecule has 20 heavy (non-hydrogen) atoms. The van der Waals surface area contributed by atoms with Gasteiger partial charge in [-0.25, -0.2) is 4.79 Å². The van der Waals surface area contributed by atoms with E-state index in [1.54, 1.807) is 17.6 Å². The van der Waals surface area contributed by atoms with Crippen molar-refractivity contribution in [3.63, 3.8) is 0 Å². The Labute approximate surface area is 119 Å². The number of hydrogen-bond donors (Lipinski definition) is 2. The second kappa shape index (κ2) is 5.30. The normalized spacial score (nSPS) is 10.6. The first kappa shape index (κ1) is 12.6. The molecule has 0 amide bonds. The number of hydrogen-bond acceptors (Lipinski definition) is 4. The van der Waals surface area contributed by atoms with E-state index in [4.69, 9.17) is 5.11 Å². The molecule has 0 fully saturated rings. The molecule has 0 aliphatic carbocycles. The summed E-state index contributed by atoms with van der Waals surface area (Å²) in [4.78, 5) is 16.2. The lowest BCUT2D eigenvalue weighted by atomic mass is 10.2. The van der Waals surface area contributed by atoms with Gasteiger partial charge in [0.15, 0.2) is 0 Å². The fourth-order valence-electron chi connectivity index (χ4n) is 1.94. The predicted molar refractivity (Wildman–Crippen MR) is 80.3 cm³/mol. The SMILES string of the molecule is O=C(O)c1csc(CNc2cnc3ccccc3c2)c1. The highest BCUT2D eigenvalue weighted by Gasteiger charge is 2.06. The number of carboxylic acid groups (broad SMARTS) is 1. The largest absolute Gasteiger partial charge is 0.478 e. The molecule has 2 aromatic heterocycles. The van der Waals surface area contributed by atoms with Gasteiger partial charge in [0.1, 0.15) is 0 Å². The van der Waals surface area contributed by atoms with E-state index in [0.717, 1.165) is 21.5 Å². The number of nitrogens with one attached hydrogen (secondary N) is 1. The summed E-state index contributed by atoms with van der Waals surface area (Å²) >= 11 is 1.44. The fourth-order valence-corrected chi connectivity index (χ4v) is 2.74. The summed E-state index contributed by atoms with van der Waals surface area (Å²) in [6.07, 6.45) is 1.79. The monoisotopic (exact) mass is 284 g/mol. The Hall–Kier alpha value is -2.40. The van der Waals surface area contributed by atoms with Crippen LogP contribution in [0.15, 0.2) is 48.0 Å². The molecule has 0 saturated heterocycles. The van der Waals surface area contributed by atoms with Crippen LogP contribution in [-0.4, -0.2) is 16.1 Å². The van der Waals surface area contributed by atoms with Crippen LogP contribution in [0.4, 0.5) is 5.69 Å². The van der Waals surface area contributed by atoms with Crippen molar-refractivity contribution in [2.24, 2.45) is 0 Å². The molecule has 1 aromatic carbocycles. The number of benzene rings is 1. The van der Waals surface area contributed by atoms with Gasteiger partial charge in [0.25, 0.3) is 0 Å². The smallest absolute Gasteiger partial charge is 0.336 e. The first-order chi connectivity index (χ1) is 9.72. The van der Waals surface area contributed by atoms with Crippen LogP contribution < -0.4 is 5.32 Å². The molecule has 5 heteroatoms. The molecule has 2 heterocycles. The molecule has 3 rings (SSSR count). The molecule has 0 unspecified atom stereocenters. The van der Waals surface area contributed by atoms with Gasteiger partial charge in [0.2, 0.25) is 0 Å². The summed E-state index contributed by atoms with van der Waals surface area (Å²) in [6, 6.07) is 11.6. The van der Waals surface area contributed by atoms with Crippen molar-refractivity contribution in [2.45, 2.75) is 6.54 Å². The lowest BCUT2D eigenvalue weighted by Gasteiger charge is -2.05. The average Bonchev–Trinajstić information content (AvgIpc) is 2.94. The van der Waals surface area contributed by atoms with E-state index in [1.807, 2.05) is 30.3 Å². The van der Waals surface area contributed by atoms with E-state index in [0.29, 0.717) is 12.1 Å². The van der Waals surface area contributed by atoms with Crippen LogP contribution in [0.25, 0.3) is 10.9 Å². The zero-order valence-electron chi connectivity index (χ0n) is 10.5. The van der Waals surface area contributed by atoms with Gasteiger partial charge in [-0.2, -0.15) is 0 Å². The summed E-state index contributed by atoms with van der Waals surface area (Å²) in [6.45, 7) is 0.595. The van der Waals surface area contributed by atoms with Gasteiger partial charge in [-0.05, 0) is 18.2 Å². The minimum absolute atomic E-state index is 0.337. The number of rotatable bonds is 4. The van der Waals surface area contributed by atoms with Crippen molar-refractivity contribution in [1.82, 2.24) is 4.98 Å². The number of aromatic carboxylic acids is 1. The molecule has 100 valence electrons. The van der Waals surface area contributed by atoms with E-state index < -0.39 is 5.97 Å². The van der Waals surface area contributed by atoms with E-state index >= 15 is 0 Å². The zero-order chi connectivity index (χ0) is 13.9. The van der Waals surface area contributed by atoms with Crippen molar-refractivity contribution in [3.8, 4) is 0 Å². The number of nitrogens with zero attached hydrogens (tertiary/aromatic N) is 1. The zero-order valence-corrected chi connectivity index (χ0v) is 11.4. The lowest BCUT2D eigenvalue weighted by molar-refractivity contribution is 0.0697. The number of thiophene rings is 1. The third-order valence-corrected chi connectivity index (χ3v) is 3.89. The molecule has 0 saturated carbocycles. The Bertz CT molecular complexity index is 767. The Kier molecular flexibility index (Phi) is 3.35. The van der Waals surface area contributed by atoms with E-state index in [-0.39, 0.29) is 0 Å². The Morgan fingerprint density at radius 1 is 1.30 bits per heavy atom. The molecular weight excluding hydrogens is 272 g/mol. The Morgan fingerprint density at radius 2 is 2.15 bits per heavy atom. The van der Waals surface area contributed by atoms with Crippen molar-refractivity contribution in [3.05, 3.63) is 58.4 Å². The maximum atomic E-state index is 10.8. The van der Waals surface area contributed by atoms with Gasteiger partial charge in [0, 0.05) is 22.2 Å². The van der Waals surface area contributed by atoms with Gasteiger partial charge in [-0.15, -0.1) is 11.3 Å². The highest BCUT2D eigenvalue weighted by Crippen LogP contribution is 2.19. The van der Waals surface area contributed by atoms with Gasteiger partial charge >= 0.3 is 5.97 Å². The number of aromatic nitrogens is 1. The molecule has 0 spiro atoms. The third kappa shape index (κ3) is 2.62. The molecular formula is C15H12N2O2S. The number of fused-ring (bicyclic) bond motifs is 1. The number of para-hydroxylation sites is 1. The van der Waals surface area contributed by atoms with E-state index in [9.17, 15) is 4.79 Å². The summed E-state index contributed by atoms with van der Waals surface area (Å²) in [7, 11) is 0. The number of pyridine rings is 1. The Morgan fingerprint density at radius 3 is 2.95 bits per heavy atom. The van der Waals surface area contributed by atoms with Crippen LogP contribution >= 0.6 is 11.3 Å². The molecule has 0 atom stereocenters. The van der Waals surface area contributed by atoms with E-state index in [2.05, 4.69) is 10.3 Å². The fraction of sp³-hybridized carbons (Fsp3) is 0.0667. The van der Waals surface area contributed by atoms with Gasteiger partial charge in [0.05, 0.1) is 23.0 Å². The van der Waals surface area contributed by atoms with Gasteiger partial charge in [-0.1, -0.05) is 18.2 Å². The first-order valence-corrected chi connectivity index (χ1v) is 7.00. The lowest BCUT2D eigenvalue weighted by Crippen LogP contribution is -1.98. The second-order valence-corrected chi connectivity index (χ2v) is 5.37. The standard InChI is InChI=1S/C15H12N2O2S/c18-15(19)11-6-13(20-9-11)8-16-12-5-10-3-1-2-4-14(10)17-7-12/h1-7,9,16H,8H2,(H,18,19). The van der Waals surface area contributed by atoms with Crippen LogP contribution in [0.5, 0.6) is 0 Å². The minimum atomic E-state index is -0.889. The minimum Gasteiger partial charge on any atom is -0.478 e. The number of carboxylic acids is 1. The molecule has 0 aliphatic rings. The Balaban J connectivity index is 1.74. The van der Waals surface area contributed by atoms with Crippen LogP contribution in [0.1, 0.15) is 15.2 Å². The average molecular weight is 284 g/mol. The van der Waals surface area contributed by atoms with E-state index in [1.165, 1.54) is 11.3 Å². The van der Waals surface area contributed by atoms with Crippen LogP contribution in [-0.2, 0) is 6.54 Å². The third-order valence-electron chi connectivity index (χ3n) is 2.96.